The number of amides is 2. The van der Waals surface area contributed by atoms with Crippen molar-refractivity contribution in [2.45, 2.75) is 64.9 Å². The molecule has 0 radical (unpaired) electrons. The predicted molar refractivity (Wildman–Crippen MR) is 185 cm³/mol. The van der Waals surface area contributed by atoms with Crippen LogP contribution in [0.1, 0.15) is 48.6 Å². The van der Waals surface area contributed by atoms with Crippen LogP contribution in [0.4, 0.5) is 5.69 Å². The fraction of sp³-hybridized carbons (Fsp3) is 0.316. The molecule has 0 saturated heterocycles. The van der Waals surface area contributed by atoms with Gasteiger partial charge in [-0.2, -0.15) is 0 Å². The van der Waals surface area contributed by atoms with E-state index in [4.69, 9.17) is 0 Å². The Morgan fingerprint density at radius 1 is 0.761 bits per heavy atom. The molecule has 2 amide bonds. The lowest BCUT2D eigenvalue weighted by Crippen LogP contribution is -2.53. The highest BCUT2D eigenvalue weighted by Gasteiger charge is 2.35. The molecule has 46 heavy (non-hydrogen) atoms. The fourth-order valence-corrected chi connectivity index (χ4v) is 6.72. The van der Waals surface area contributed by atoms with Gasteiger partial charge in [0.2, 0.25) is 11.8 Å². The summed E-state index contributed by atoms with van der Waals surface area (Å²) in [6.45, 7) is 9.99. The van der Waals surface area contributed by atoms with Crippen LogP contribution in [0.2, 0.25) is 0 Å². The number of aryl methyl sites for hydroxylation is 3. The molecular weight excluding hydrogens is 595 g/mol. The number of carbonyl (C=O) groups excluding carboxylic acids is 2. The third kappa shape index (κ3) is 8.85. The monoisotopic (exact) mass is 639 g/mol. The van der Waals surface area contributed by atoms with Crippen molar-refractivity contribution in [3.05, 3.63) is 131 Å². The first-order valence-corrected chi connectivity index (χ1v) is 17.3. The molecule has 0 aromatic heterocycles. The van der Waals surface area contributed by atoms with Crippen LogP contribution in [0.15, 0.2) is 108 Å². The average Bonchev–Trinajstić information content (AvgIpc) is 3.05. The maximum Gasteiger partial charge on any atom is 0.264 e. The van der Waals surface area contributed by atoms with Gasteiger partial charge in [-0.3, -0.25) is 13.9 Å². The van der Waals surface area contributed by atoms with Gasteiger partial charge in [0, 0.05) is 19.5 Å². The number of para-hydroxylation sites is 1. The van der Waals surface area contributed by atoms with E-state index in [2.05, 4.69) is 5.32 Å². The zero-order chi connectivity index (χ0) is 33.3. The second-order valence-corrected chi connectivity index (χ2v) is 14.0. The van der Waals surface area contributed by atoms with E-state index in [0.717, 1.165) is 27.8 Å². The summed E-state index contributed by atoms with van der Waals surface area (Å²) in [6.07, 6.45) is 0.851. The first kappa shape index (κ1) is 34.4. The quantitative estimate of drug-likeness (QED) is 0.171. The van der Waals surface area contributed by atoms with E-state index >= 15 is 0 Å². The largest absolute Gasteiger partial charge is 0.354 e. The summed E-state index contributed by atoms with van der Waals surface area (Å²) in [6, 6.07) is 30.4. The number of nitrogens with one attached hydrogen (secondary N) is 1. The van der Waals surface area contributed by atoms with Crippen molar-refractivity contribution in [1.29, 1.82) is 0 Å². The molecule has 0 spiro atoms. The normalized spacial score (nSPS) is 12.0. The third-order valence-electron chi connectivity index (χ3n) is 7.96. The third-order valence-corrected chi connectivity index (χ3v) is 9.73. The molecule has 8 heteroatoms. The standard InChI is InChI=1S/C38H45N3O4S/c1-6-33-14-10-11-15-35(33)41(46(44,45)34-22-18-30(5)19-23-34)27-37(42)40(26-32-20-16-29(4)17-21-32)36(38(43)39-25-28(2)3)24-31-12-8-7-9-13-31/h7-23,28,36H,6,24-27H2,1-5H3,(H,39,43). The van der Waals surface area contributed by atoms with Gasteiger partial charge in [-0.1, -0.05) is 117 Å². The van der Waals surface area contributed by atoms with Gasteiger partial charge in [-0.25, -0.2) is 8.42 Å². The molecule has 0 fully saturated rings. The Morgan fingerprint density at radius 3 is 1.96 bits per heavy atom. The van der Waals surface area contributed by atoms with Crippen LogP contribution < -0.4 is 9.62 Å². The van der Waals surface area contributed by atoms with Gasteiger partial charge < -0.3 is 10.2 Å². The number of anilines is 1. The van der Waals surface area contributed by atoms with Gasteiger partial charge in [0.25, 0.3) is 10.0 Å². The first-order valence-electron chi connectivity index (χ1n) is 15.8. The zero-order valence-corrected chi connectivity index (χ0v) is 28.3. The molecule has 4 rings (SSSR count). The van der Waals surface area contributed by atoms with E-state index in [0.29, 0.717) is 18.7 Å². The van der Waals surface area contributed by atoms with Gasteiger partial charge in [0.05, 0.1) is 10.6 Å². The molecule has 7 nitrogen and oxygen atoms in total. The highest BCUT2D eigenvalue weighted by Crippen LogP contribution is 2.29. The minimum Gasteiger partial charge on any atom is -0.354 e. The van der Waals surface area contributed by atoms with Crippen LogP contribution in [-0.2, 0) is 39.0 Å². The average molecular weight is 640 g/mol. The number of sulfonamides is 1. The van der Waals surface area contributed by atoms with Crippen LogP contribution in [-0.4, -0.2) is 44.3 Å². The molecule has 4 aromatic rings. The van der Waals surface area contributed by atoms with Gasteiger partial charge in [0.15, 0.2) is 0 Å². The van der Waals surface area contributed by atoms with E-state index in [9.17, 15) is 18.0 Å². The number of rotatable bonds is 14. The Morgan fingerprint density at radius 2 is 1.35 bits per heavy atom. The Kier molecular flexibility index (Phi) is 11.8. The molecule has 1 N–H and O–H groups in total. The maximum atomic E-state index is 14.6. The molecule has 1 atom stereocenters. The molecule has 0 saturated carbocycles. The predicted octanol–water partition coefficient (Wildman–Crippen LogP) is 6.47. The van der Waals surface area contributed by atoms with Crippen molar-refractivity contribution in [3.63, 3.8) is 0 Å². The number of nitrogens with zero attached hydrogens (tertiary/aromatic N) is 2. The van der Waals surface area contributed by atoms with Crippen LogP contribution in [0.3, 0.4) is 0 Å². The summed E-state index contributed by atoms with van der Waals surface area (Å²) in [5.41, 5.74) is 4.98. The Hall–Kier alpha value is -4.43. The van der Waals surface area contributed by atoms with Crippen LogP contribution >= 0.6 is 0 Å². The molecule has 0 aliphatic rings. The van der Waals surface area contributed by atoms with Crippen molar-refractivity contribution in [1.82, 2.24) is 10.2 Å². The summed E-state index contributed by atoms with van der Waals surface area (Å²) < 4.78 is 29.8. The number of carbonyl (C=O) groups is 2. The molecular formula is C38H45N3O4S. The molecule has 4 aromatic carbocycles. The van der Waals surface area contributed by atoms with Gasteiger partial charge in [-0.15, -0.1) is 0 Å². The number of benzene rings is 4. The summed E-state index contributed by atoms with van der Waals surface area (Å²) in [5, 5.41) is 3.03. The molecule has 0 heterocycles. The van der Waals surface area contributed by atoms with Gasteiger partial charge in [-0.05, 0) is 61.1 Å². The van der Waals surface area contributed by atoms with Crippen LogP contribution in [0.5, 0.6) is 0 Å². The van der Waals surface area contributed by atoms with E-state index in [-0.39, 0.29) is 29.7 Å². The lowest BCUT2D eigenvalue weighted by molar-refractivity contribution is -0.140. The van der Waals surface area contributed by atoms with Crippen molar-refractivity contribution in [3.8, 4) is 0 Å². The van der Waals surface area contributed by atoms with E-state index < -0.39 is 28.5 Å². The molecule has 0 aliphatic heterocycles. The Bertz CT molecular complexity index is 1700. The smallest absolute Gasteiger partial charge is 0.264 e. The summed E-state index contributed by atoms with van der Waals surface area (Å²) >= 11 is 0. The van der Waals surface area contributed by atoms with E-state index in [1.165, 1.54) is 4.31 Å². The topological polar surface area (TPSA) is 86.8 Å². The Balaban J connectivity index is 1.82. The molecule has 1 unspecified atom stereocenters. The second kappa shape index (κ2) is 15.7. The summed E-state index contributed by atoms with van der Waals surface area (Å²) in [4.78, 5) is 30.2. The highest BCUT2D eigenvalue weighted by atomic mass is 32.2. The second-order valence-electron chi connectivity index (χ2n) is 12.2. The number of hydrogen-bond donors (Lipinski definition) is 1. The molecule has 0 aliphatic carbocycles. The minimum atomic E-state index is -4.15. The minimum absolute atomic E-state index is 0.0948. The van der Waals surface area contributed by atoms with Crippen molar-refractivity contribution >= 4 is 27.5 Å². The maximum absolute atomic E-state index is 14.6. The van der Waals surface area contributed by atoms with Crippen molar-refractivity contribution < 1.29 is 18.0 Å². The van der Waals surface area contributed by atoms with E-state index in [1.807, 2.05) is 101 Å². The lowest BCUT2D eigenvalue weighted by Gasteiger charge is -2.34. The SMILES string of the molecule is CCc1ccccc1N(CC(=O)N(Cc1ccc(C)cc1)C(Cc1ccccc1)C(=O)NCC(C)C)S(=O)(=O)c1ccc(C)cc1. The fourth-order valence-electron chi connectivity index (χ4n) is 5.27. The van der Waals surface area contributed by atoms with Crippen molar-refractivity contribution in [2.24, 2.45) is 5.92 Å². The molecule has 0 bridgehead atoms. The lowest BCUT2D eigenvalue weighted by atomic mass is 10.0. The molecule has 242 valence electrons. The van der Waals surface area contributed by atoms with Gasteiger partial charge in [0.1, 0.15) is 12.6 Å². The highest BCUT2D eigenvalue weighted by molar-refractivity contribution is 7.92. The summed E-state index contributed by atoms with van der Waals surface area (Å²) in [5.74, 6) is -0.536. The zero-order valence-electron chi connectivity index (χ0n) is 27.4. The van der Waals surface area contributed by atoms with E-state index in [1.54, 1.807) is 41.3 Å². The van der Waals surface area contributed by atoms with Crippen LogP contribution in [0, 0.1) is 19.8 Å². The summed E-state index contributed by atoms with van der Waals surface area (Å²) in [7, 11) is -4.15. The van der Waals surface area contributed by atoms with Gasteiger partial charge >= 0.3 is 0 Å². The number of hydrogen-bond acceptors (Lipinski definition) is 4. The van der Waals surface area contributed by atoms with Crippen LogP contribution in [0.25, 0.3) is 0 Å². The first-order chi connectivity index (χ1) is 22.0. The Labute approximate surface area is 274 Å². The van der Waals surface area contributed by atoms with Crippen molar-refractivity contribution in [2.75, 3.05) is 17.4 Å².